The number of carbonyl (C=O) groups is 1. The first-order valence-corrected chi connectivity index (χ1v) is 4.36. The second kappa shape index (κ2) is 4.14. The first kappa shape index (κ1) is 9.86. The number of nitrogens with one attached hydrogen (secondary N) is 1. The molecule has 3 nitrogen and oxygen atoms in total. The van der Waals surface area contributed by atoms with Gasteiger partial charge < -0.3 is 11.1 Å². The van der Waals surface area contributed by atoms with E-state index >= 15 is 0 Å². The summed E-state index contributed by atoms with van der Waals surface area (Å²) < 4.78 is 0. The lowest BCUT2D eigenvalue weighted by atomic mass is 10.2. The fraction of sp³-hybridized carbons (Fsp3) is 0.222. The molecule has 0 fully saturated rings. The van der Waals surface area contributed by atoms with Gasteiger partial charge in [0.2, 0.25) is 5.91 Å². The van der Waals surface area contributed by atoms with E-state index in [1.54, 1.807) is 18.2 Å². The van der Waals surface area contributed by atoms with Crippen LogP contribution in [-0.4, -0.2) is 12.5 Å². The van der Waals surface area contributed by atoms with Crippen LogP contribution < -0.4 is 11.1 Å². The molecule has 3 N–H and O–H groups in total. The number of hydrogen-bond acceptors (Lipinski definition) is 2. The number of anilines is 1. The number of benzene rings is 1. The summed E-state index contributed by atoms with van der Waals surface area (Å²) >= 11 is 5.82. The van der Waals surface area contributed by atoms with Crippen LogP contribution in [0.5, 0.6) is 0 Å². The summed E-state index contributed by atoms with van der Waals surface area (Å²) in [6, 6.07) is 5.07. The molecule has 0 saturated heterocycles. The molecule has 0 unspecified atom stereocenters. The van der Waals surface area contributed by atoms with E-state index in [0.717, 1.165) is 12.2 Å². The largest absolute Gasteiger partial charge is 0.385 e. The Hall–Kier alpha value is -1.22. The smallest absolute Gasteiger partial charge is 0.250 e. The van der Waals surface area contributed by atoms with Crippen molar-refractivity contribution < 1.29 is 4.79 Å². The summed E-state index contributed by atoms with van der Waals surface area (Å²) in [4.78, 5) is 10.8. The Morgan fingerprint density at radius 1 is 1.62 bits per heavy atom. The Labute approximate surface area is 81.9 Å². The predicted molar refractivity (Wildman–Crippen MR) is 54.1 cm³/mol. The Morgan fingerprint density at radius 2 is 2.31 bits per heavy atom. The maximum Gasteiger partial charge on any atom is 0.250 e. The van der Waals surface area contributed by atoms with Gasteiger partial charge in [-0.2, -0.15) is 0 Å². The zero-order chi connectivity index (χ0) is 9.84. The van der Waals surface area contributed by atoms with Crippen molar-refractivity contribution in [2.45, 2.75) is 6.92 Å². The number of nitrogens with two attached hydrogens (primary N) is 1. The number of rotatable bonds is 3. The molecule has 1 aromatic carbocycles. The normalized spacial score (nSPS) is 9.69. The highest BCUT2D eigenvalue weighted by Gasteiger charge is 2.05. The standard InChI is InChI=1S/C9H11ClN2O/c1-2-12-6-3-4-7(9(11)13)8(10)5-6/h3-5,12H,2H2,1H3,(H2,11,13). The van der Waals surface area contributed by atoms with E-state index in [9.17, 15) is 4.79 Å². The second-order valence-corrected chi connectivity index (χ2v) is 3.00. The van der Waals surface area contributed by atoms with Crippen molar-refractivity contribution in [2.75, 3.05) is 11.9 Å². The molecule has 0 bridgehead atoms. The molecule has 0 aliphatic carbocycles. The zero-order valence-corrected chi connectivity index (χ0v) is 8.06. The molecule has 4 heteroatoms. The van der Waals surface area contributed by atoms with Crippen LogP contribution in [-0.2, 0) is 0 Å². The lowest BCUT2D eigenvalue weighted by Gasteiger charge is -2.05. The van der Waals surface area contributed by atoms with E-state index in [-0.39, 0.29) is 0 Å². The van der Waals surface area contributed by atoms with Crippen LogP contribution in [0.2, 0.25) is 5.02 Å². The highest BCUT2D eigenvalue weighted by atomic mass is 35.5. The Morgan fingerprint density at radius 3 is 2.77 bits per heavy atom. The van der Waals surface area contributed by atoms with E-state index in [2.05, 4.69) is 5.32 Å². The van der Waals surface area contributed by atoms with Gasteiger partial charge in [0.1, 0.15) is 0 Å². The highest BCUT2D eigenvalue weighted by molar-refractivity contribution is 6.34. The molecule has 1 amide bonds. The van der Waals surface area contributed by atoms with Crippen LogP contribution in [0.25, 0.3) is 0 Å². The molecule has 0 atom stereocenters. The molecular weight excluding hydrogens is 188 g/mol. The van der Waals surface area contributed by atoms with Crippen molar-refractivity contribution in [2.24, 2.45) is 5.73 Å². The van der Waals surface area contributed by atoms with Crippen LogP contribution in [0, 0.1) is 0 Å². The van der Waals surface area contributed by atoms with Gasteiger partial charge >= 0.3 is 0 Å². The number of amides is 1. The van der Waals surface area contributed by atoms with Crippen LogP contribution in [0.4, 0.5) is 5.69 Å². The minimum Gasteiger partial charge on any atom is -0.385 e. The first-order valence-electron chi connectivity index (χ1n) is 3.98. The van der Waals surface area contributed by atoms with Crippen molar-refractivity contribution in [3.05, 3.63) is 28.8 Å². The molecule has 0 heterocycles. The van der Waals surface area contributed by atoms with Crippen molar-refractivity contribution >= 4 is 23.2 Å². The quantitative estimate of drug-likeness (QED) is 0.779. The lowest BCUT2D eigenvalue weighted by Crippen LogP contribution is -2.11. The van der Waals surface area contributed by atoms with Gasteiger partial charge in [0.25, 0.3) is 0 Å². The third kappa shape index (κ3) is 2.36. The van der Waals surface area contributed by atoms with Gasteiger partial charge in [-0.05, 0) is 25.1 Å². The summed E-state index contributed by atoms with van der Waals surface area (Å²) in [5.74, 6) is -0.506. The minimum atomic E-state index is -0.506. The molecule has 0 aromatic heterocycles. The summed E-state index contributed by atoms with van der Waals surface area (Å²) in [7, 11) is 0. The van der Waals surface area contributed by atoms with E-state index in [0.29, 0.717) is 10.6 Å². The van der Waals surface area contributed by atoms with E-state index in [4.69, 9.17) is 17.3 Å². The van der Waals surface area contributed by atoms with E-state index in [1.165, 1.54) is 0 Å². The van der Waals surface area contributed by atoms with Crippen molar-refractivity contribution in [3.8, 4) is 0 Å². The molecule has 0 spiro atoms. The van der Waals surface area contributed by atoms with Gasteiger partial charge in [-0.3, -0.25) is 4.79 Å². The first-order chi connectivity index (χ1) is 6.15. The average Bonchev–Trinajstić information content (AvgIpc) is 2.04. The van der Waals surface area contributed by atoms with Gasteiger partial charge in [-0.25, -0.2) is 0 Å². The maximum atomic E-state index is 10.8. The van der Waals surface area contributed by atoms with Gasteiger partial charge in [-0.15, -0.1) is 0 Å². The summed E-state index contributed by atoms with van der Waals surface area (Å²) in [5.41, 5.74) is 6.33. The van der Waals surface area contributed by atoms with Crippen molar-refractivity contribution in [1.82, 2.24) is 0 Å². The molecule has 0 radical (unpaired) electrons. The third-order valence-electron chi connectivity index (χ3n) is 1.62. The van der Waals surface area contributed by atoms with Crippen LogP contribution in [0.15, 0.2) is 18.2 Å². The minimum absolute atomic E-state index is 0.350. The molecule has 1 aromatic rings. The average molecular weight is 199 g/mol. The molecule has 1 rings (SSSR count). The predicted octanol–water partition coefficient (Wildman–Crippen LogP) is 1.87. The van der Waals surface area contributed by atoms with Gasteiger partial charge in [0.15, 0.2) is 0 Å². The molecular formula is C9H11ClN2O. The van der Waals surface area contributed by atoms with Crippen molar-refractivity contribution in [3.63, 3.8) is 0 Å². The SMILES string of the molecule is CCNc1ccc(C(N)=O)c(Cl)c1. The molecule has 0 saturated carbocycles. The Bertz CT molecular complexity index is 325. The van der Waals surface area contributed by atoms with E-state index in [1.807, 2.05) is 6.92 Å². The second-order valence-electron chi connectivity index (χ2n) is 2.59. The highest BCUT2D eigenvalue weighted by Crippen LogP contribution is 2.20. The molecule has 13 heavy (non-hydrogen) atoms. The van der Waals surface area contributed by atoms with Gasteiger partial charge in [-0.1, -0.05) is 11.6 Å². The summed E-state index contributed by atoms with van der Waals surface area (Å²) in [6.45, 7) is 2.79. The topological polar surface area (TPSA) is 55.1 Å². The van der Waals surface area contributed by atoms with Gasteiger partial charge in [0, 0.05) is 12.2 Å². The van der Waals surface area contributed by atoms with Crippen molar-refractivity contribution in [1.29, 1.82) is 0 Å². The molecule has 70 valence electrons. The monoisotopic (exact) mass is 198 g/mol. The number of carbonyl (C=O) groups excluding carboxylic acids is 1. The van der Waals surface area contributed by atoms with Crippen LogP contribution >= 0.6 is 11.6 Å². The summed E-state index contributed by atoms with van der Waals surface area (Å²) in [6.07, 6.45) is 0. The molecule has 0 aliphatic heterocycles. The fourth-order valence-corrected chi connectivity index (χ4v) is 1.30. The Kier molecular flexibility index (Phi) is 3.14. The third-order valence-corrected chi connectivity index (χ3v) is 1.93. The zero-order valence-electron chi connectivity index (χ0n) is 7.30. The van der Waals surface area contributed by atoms with Gasteiger partial charge in [0.05, 0.1) is 10.6 Å². The van der Waals surface area contributed by atoms with E-state index < -0.39 is 5.91 Å². The number of primary amides is 1. The van der Waals surface area contributed by atoms with Crippen LogP contribution in [0.3, 0.4) is 0 Å². The number of halogens is 1. The molecule has 0 aliphatic rings. The Balaban J connectivity index is 2.98. The lowest BCUT2D eigenvalue weighted by molar-refractivity contribution is 0.100. The van der Waals surface area contributed by atoms with Crippen LogP contribution in [0.1, 0.15) is 17.3 Å². The fourth-order valence-electron chi connectivity index (χ4n) is 1.03. The maximum absolute atomic E-state index is 10.8. The summed E-state index contributed by atoms with van der Waals surface area (Å²) in [5, 5.41) is 3.46. The number of hydrogen-bond donors (Lipinski definition) is 2.